The van der Waals surface area contributed by atoms with Crippen LogP contribution in [0.25, 0.3) is 0 Å². The van der Waals surface area contributed by atoms with Crippen LogP contribution in [0.4, 0.5) is 0 Å². The van der Waals surface area contributed by atoms with Gasteiger partial charge in [0.2, 0.25) is 0 Å². The van der Waals surface area contributed by atoms with Gasteiger partial charge in [0.05, 0.1) is 6.10 Å². The Labute approximate surface area is 183 Å². The summed E-state index contributed by atoms with van der Waals surface area (Å²) in [4.78, 5) is 0. The highest BCUT2D eigenvalue weighted by Crippen LogP contribution is 2.81. The van der Waals surface area contributed by atoms with Crippen LogP contribution in [-0.4, -0.2) is 13.2 Å². The number of aryl methyl sites for hydroxylation is 1. The molecule has 0 amide bonds. The topological polar surface area (TPSA) is 22.4 Å². The van der Waals surface area contributed by atoms with Crippen molar-refractivity contribution in [3.05, 3.63) is 22.6 Å². The first-order valence-corrected chi connectivity index (χ1v) is 12.9. The van der Waals surface area contributed by atoms with Gasteiger partial charge in [-0.2, -0.15) is 0 Å². The molecule has 6 rings (SSSR count). The molecule has 0 bridgehead atoms. The van der Waals surface area contributed by atoms with E-state index in [4.69, 9.17) is 9.15 Å². The standard InChI is InChI=1S/C28H42O2/c1-16(2)7-8-22-17(3)25-23(30-22)14-21-19-13-24(29-6)28-15-18(28)9-12-27(28,5)20(19)10-11-26(21,25)4/h16,18-21,24H,7-15H2,1-6H3/t18-,19-,20+,21+,24-,26+,27-,28+/m1/s1. The van der Waals surface area contributed by atoms with Crippen molar-refractivity contribution in [1.29, 1.82) is 0 Å². The van der Waals surface area contributed by atoms with Gasteiger partial charge in [-0.15, -0.1) is 0 Å². The molecule has 2 nitrogen and oxygen atoms in total. The molecule has 0 aromatic carbocycles. The van der Waals surface area contributed by atoms with Crippen molar-refractivity contribution in [3.63, 3.8) is 0 Å². The number of hydrogen-bond acceptors (Lipinski definition) is 2. The molecule has 30 heavy (non-hydrogen) atoms. The molecule has 4 saturated carbocycles. The summed E-state index contributed by atoms with van der Waals surface area (Å²) in [5.41, 5.74) is 4.49. The Morgan fingerprint density at radius 1 is 1.13 bits per heavy atom. The average molecular weight is 411 g/mol. The van der Waals surface area contributed by atoms with Crippen molar-refractivity contribution in [2.75, 3.05) is 7.11 Å². The Balaban J connectivity index is 1.34. The van der Waals surface area contributed by atoms with Crippen LogP contribution in [0.2, 0.25) is 0 Å². The van der Waals surface area contributed by atoms with E-state index in [9.17, 15) is 0 Å². The molecule has 0 saturated heterocycles. The summed E-state index contributed by atoms with van der Waals surface area (Å²) in [5.74, 6) is 6.81. The SMILES string of the molecule is CO[C@@H]1C[C@H]2[C@@H]3Cc4oc(CCC(C)C)c(C)c4[C@@]3(C)CC[C@@H]2[C@@]2(C)CC[C@@H]3C[C@]312. The molecule has 0 N–H and O–H groups in total. The first kappa shape index (κ1) is 19.9. The van der Waals surface area contributed by atoms with Crippen molar-refractivity contribution in [2.24, 2.45) is 40.4 Å². The molecule has 5 aliphatic carbocycles. The normalized spacial score (nSPS) is 48.2. The molecule has 8 atom stereocenters. The van der Waals surface area contributed by atoms with E-state index >= 15 is 0 Å². The van der Waals surface area contributed by atoms with Gasteiger partial charge in [0, 0.05) is 30.9 Å². The Morgan fingerprint density at radius 2 is 1.93 bits per heavy atom. The number of hydrogen-bond donors (Lipinski definition) is 0. The predicted octanol–water partition coefficient (Wildman–Crippen LogP) is 6.86. The lowest BCUT2D eigenvalue weighted by Gasteiger charge is -2.60. The summed E-state index contributed by atoms with van der Waals surface area (Å²) in [6.45, 7) is 12.3. The predicted molar refractivity (Wildman–Crippen MR) is 121 cm³/mol. The Bertz CT molecular complexity index is 866. The molecule has 0 aliphatic heterocycles. The van der Waals surface area contributed by atoms with Crippen molar-refractivity contribution in [1.82, 2.24) is 0 Å². The maximum Gasteiger partial charge on any atom is 0.108 e. The van der Waals surface area contributed by atoms with Crippen LogP contribution in [0.5, 0.6) is 0 Å². The lowest BCUT2D eigenvalue weighted by atomic mass is 9.45. The van der Waals surface area contributed by atoms with Gasteiger partial charge in [-0.05, 0) is 97.9 Å². The molecular weight excluding hydrogens is 368 g/mol. The second-order valence-electron chi connectivity index (χ2n) is 12.8. The molecule has 2 heteroatoms. The zero-order chi connectivity index (χ0) is 21.1. The highest BCUT2D eigenvalue weighted by atomic mass is 16.5. The van der Waals surface area contributed by atoms with E-state index in [0.29, 0.717) is 22.3 Å². The van der Waals surface area contributed by atoms with E-state index in [0.717, 1.165) is 36.0 Å². The molecule has 1 aromatic heterocycles. The van der Waals surface area contributed by atoms with E-state index < -0.39 is 0 Å². The fraction of sp³-hybridized carbons (Fsp3) is 0.857. The van der Waals surface area contributed by atoms with Crippen LogP contribution in [0.3, 0.4) is 0 Å². The van der Waals surface area contributed by atoms with Crippen LogP contribution >= 0.6 is 0 Å². The Morgan fingerprint density at radius 3 is 2.63 bits per heavy atom. The molecule has 0 unspecified atom stereocenters. The first-order chi connectivity index (χ1) is 14.3. The molecule has 5 aliphatic rings. The van der Waals surface area contributed by atoms with E-state index in [1.807, 2.05) is 7.11 Å². The van der Waals surface area contributed by atoms with Crippen LogP contribution in [0.1, 0.15) is 95.3 Å². The third-order valence-corrected chi connectivity index (χ3v) is 11.5. The van der Waals surface area contributed by atoms with Crippen molar-refractivity contribution < 1.29 is 9.15 Å². The largest absolute Gasteiger partial charge is 0.465 e. The molecule has 166 valence electrons. The number of fused-ring (bicyclic) bond motifs is 6. The zero-order valence-electron chi connectivity index (χ0n) is 20.1. The third-order valence-electron chi connectivity index (χ3n) is 11.5. The van der Waals surface area contributed by atoms with Crippen molar-refractivity contribution >= 4 is 0 Å². The quantitative estimate of drug-likeness (QED) is 0.541. The second-order valence-corrected chi connectivity index (χ2v) is 12.8. The molecule has 4 fully saturated rings. The van der Waals surface area contributed by atoms with E-state index in [1.165, 1.54) is 68.5 Å². The van der Waals surface area contributed by atoms with Crippen LogP contribution in [-0.2, 0) is 23.0 Å². The zero-order valence-corrected chi connectivity index (χ0v) is 20.1. The molecule has 1 heterocycles. The van der Waals surface area contributed by atoms with Gasteiger partial charge in [-0.25, -0.2) is 0 Å². The average Bonchev–Trinajstić information content (AvgIpc) is 3.08. The van der Waals surface area contributed by atoms with Crippen molar-refractivity contribution in [3.8, 4) is 0 Å². The van der Waals surface area contributed by atoms with Crippen LogP contribution < -0.4 is 0 Å². The van der Waals surface area contributed by atoms with Gasteiger partial charge in [0.15, 0.2) is 0 Å². The summed E-state index contributed by atoms with van der Waals surface area (Å²) < 4.78 is 12.9. The highest BCUT2D eigenvalue weighted by Gasteiger charge is 2.77. The number of methoxy groups -OCH3 is 1. The maximum atomic E-state index is 6.61. The lowest BCUT2D eigenvalue weighted by molar-refractivity contribution is -0.148. The fourth-order valence-corrected chi connectivity index (χ4v) is 9.96. The van der Waals surface area contributed by atoms with Gasteiger partial charge in [-0.1, -0.05) is 27.7 Å². The van der Waals surface area contributed by atoms with Gasteiger partial charge in [0.25, 0.3) is 0 Å². The number of furan rings is 1. The summed E-state index contributed by atoms with van der Waals surface area (Å²) >= 11 is 0. The van der Waals surface area contributed by atoms with Crippen LogP contribution in [0.15, 0.2) is 4.42 Å². The summed E-state index contributed by atoms with van der Waals surface area (Å²) in [6.07, 6.45) is 12.5. The Kier molecular flexibility index (Phi) is 4.10. The smallest absolute Gasteiger partial charge is 0.108 e. The van der Waals surface area contributed by atoms with Gasteiger partial charge in [0.1, 0.15) is 11.5 Å². The monoisotopic (exact) mass is 410 g/mol. The summed E-state index contributed by atoms with van der Waals surface area (Å²) in [6, 6.07) is 0. The minimum absolute atomic E-state index is 0.320. The third kappa shape index (κ3) is 2.20. The highest BCUT2D eigenvalue weighted by molar-refractivity contribution is 5.45. The molecular formula is C28H42O2. The minimum atomic E-state index is 0.320. The van der Waals surface area contributed by atoms with Gasteiger partial charge < -0.3 is 9.15 Å². The number of ether oxygens (including phenoxy) is 1. The van der Waals surface area contributed by atoms with Crippen LogP contribution in [0, 0.1) is 47.3 Å². The van der Waals surface area contributed by atoms with E-state index in [-0.39, 0.29) is 0 Å². The molecule has 1 aromatic rings. The molecule has 0 radical (unpaired) electrons. The number of rotatable bonds is 4. The minimum Gasteiger partial charge on any atom is -0.465 e. The van der Waals surface area contributed by atoms with E-state index in [1.54, 1.807) is 5.56 Å². The Hall–Kier alpha value is -0.760. The first-order valence-electron chi connectivity index (χ1n) is 12.9. The van der Waals surface area contributed by atoms with E-state index in [2.05, 4.69) is 34.6 Å². The maximum absolute atomic E-state index is 6.61. The summed E-state index contributed by atoms with van der Waals surface area (Å²) in [5, 5.41) is 0. The van der Waals surface area contributed by atoms with Gasteiger partial charge >= 0.3 is 0 Å². The second kappa shape index (κ2) is 6.18. The van der Waals surface area contributed by atoms with Gasteiger partial charge in [-0.3, -0.25) is 0 Å². The fourth-order valence-electron chi connectivity index (χ4n) is 9.96. The molecule has 1 spiro atoms. The lowest BCUT2D eigenvalue weighted by Crippen LogP contribution is -2.57. The van der Waals surface area contributed by atoms with Crippen molar-refractivity contribution in [2.45, 2.75) is 104 Å². The summed E-state index contributed by atoms with van der Waals surface area (Å²) in [7, 11) is 2.00.